The monoisotopic (exact) mass is 405 g/mol. The Morgan fingerprint density at radius 2 is 2.04 bits per heavy atom. The number of nitrogens with zero attached hydrogens (tertiary/aromatic N) is 1. The molecule has 0 radical (unpaired) electrons. The number of thioether (sulfide) groups is 1. The predicted octanol–water partition coefficient (Wildman–Crippen LogP) is 2.10. The van der Waals surface area contributed by atoms with Gasteiger partial charge in [0.25, 0.3) is 0 Å². The molecule has 2 saturated heterocycles. The van der Waals surface area contributed by atoms with Crippen LogP contribution in [0.3, 0.4) is 0 Å². The van der Waals surface area contributed by atoms with Crippen LogP contribution < -0.4 is 10.6 Å². The normalized spacial score (nSPS) is 32.1. The van der Waals surface area contributed by atoms with Gasteiger partial charge in [-0.05, 0) is 50.0 Å². The van der Waals surface area contributed by atoms with E-state index >= 15 is 0 Å². The van der Waals surface area contributed by atoms with E-state index in [-0.39, 0.29) is 29.8 Å². The molecule has 2 N–H and O–H groups in total. The first-order chi connectivity index (χ1) is 13.4. The second-order valence-electron chi connectivity index (χ2n) is 7.79. The van der Waals surface area contributed by atoms with Crippen LogP contribution in [0.5, 0.6) is 0 Å². The second kappa shape index (κ2) is 6.84. The number of nitrogens with one attached hydrogen (secondary N) is 2. The lowest BCUT2D eigenvalue weighted by atomic mass is 9.76. The first-order valence-corrected chi connectivity index (χ1v) is 11.0. The van der Waals surface area contributed by atoms with Crippen molar-refractivity contribution in [3.05, 3.63) is 29.6 Å². The number of halogens is 1. The van der Waals surface area contributed by atoms with Crippen molar-refractivity contribution in [2.24, 2.45) is 11.8 Å². The summed E-state index contributed by atoms with van der Waals surface area (Å²) in [6.07, 6.45) is 3.27. The molecule has 2 fully saturated rings. The average molecular weight is 405 g/mol. The van der Waals surface area contributed by atoms with E-state index in [0.29, 0.717) is 24.1 Å². The maximum Gasteiger partial charge on any atom is 0.250 e. The third-order valence-electron chi connectivity index (χ3n) is 6.38. The zero-order chi connectivity index (χ0) is 20.2. The van der Waals surface area contributed by atoms with Crippen molar-refractivity contribution >= 4 is 35.2 Å². The van der Waals surface area contributed by atoms with E-state index in [2.05, 4.69) is 10.6 Å². The number of hydrogen-bond donors (Lipinski definition) is 2. The SMILES string of the molecule is CCC(C)N1C(=O)C2C(CCSC)NC3(C(=O)Nc4ccc(F)cc43)C2C1=O. The lowest BCUT2D eigenvalue weighted by Gasteiger charge is -2.31. The van der Waals surface area contributed by atoms with Gasteiger partial charge in [-0.2, -0.15) is 11.8 Å². The third kappa shape index (κ3) is 2.47. The molecule has 0 aromatic heterocycles. The van der Waals surface area contributed by atoms with Crippen molar-refractivity contribution in [2.75, 3.05) is 17.3 Å². The zero-order valence-corrected chi connectivity index (χ0v) is 16.9. The third-order valence-corrected chi connectivity index (χ3v) is 7.02. The minimum Gasteiger partial charge on any atom is -0.324 e. The van der Waals surface area contributed by atoms with Gasteiger partial charge < -0.3 is 5.32 Å². The van der Waals surface area contributed by atoms with Crippen LogP contribution in [0.2, 0.25) is 0 Å². The van der Waals surface area contributed by atoms with E-state index < -0.39 is 23.2 Å². The van der Waals surface area contributed by atoms with Crippen LogP contribution in [0.1, 0.15) is 32.3 Å². The van der Waals surface area contributed by atoms with Gasteiger partial charge in [-0.1, -0.05) is 6.92 Å². The molecule has 150 valence electrons. The van der Waals surface area contributed by atoms with Gasteiger partial charge in [0.1, 0.15) is 11.4 Å². The fourth-order valence-electron chi connectivity index (χ4n) is 4.91. The van der Waals surface area contributed by atoms with Crippen LogP contribution in [-0.2, 0) is 19.9 Å². The van der Waals surface area contributed by atoms with Gasteiger partial charge in [0, 0.05) is 23.3 Å². The fraction of sp³-hybridized carbons (Fsp3) is 0.550. The van der Waals surface area contributed by atoms with Crippen molar-refractivity contribution in [1.82, 2.24) is 10.2 Å². The van der Waals surface area contributed by atoms with Gasteiger partial charge in [0.2, 0.25) is 17.7 Å². The quantitative estimate of drug-likeness (QED) is 0.734. The molecule has 0 bridgehead atoms. The molecular formula is C20H24FN3O3S. The summed E-state index contributed by atoms with van der Waals surface area (Å²) in [5.74, 6) is -2.11. The lowest BCUT2D eigenvalue weighted by molar-refractivity contribution is -0.145. The molecule has 1 aromatic carbocycles. The molecule has 3 heterocycles. The van der Waals surface area contributed by atoms with Crippen LogP contribution in [0.15, 0.2) is 18.2 Å². The maximum atomic E-state index is 14.1. The van der Waals surface area contributed by atoms with Gasteiger partial charge in [0.05, 0.1) is 11.8 Å². The van der Waals surface area contributed by atoms with Gasteiger partial charge in [-0.3, -0.25) is 24.6 Å². The molecule has 5 atom stereocenters. The number of fused-ring (bicyclic) bond motifs is 4. The van der Waals surface area contributed by atoms with Crippen LogP contribution in [0, 0.1) is 17.7 Å². The Kier molecular flexibility index (Phi) is 4.74. The zero-order valence-electron chi connectivity index (χ0n) is 16.1. The molecule has 28 heavy (non-hydrogen) atoms. The van der Waals surface area contributed by atoms with E-state index in [1.54, 1.807) is 11.8 Å². The van der Waals surface area contributed by atoms with Crippen molar-refractivity contribution in [1.29, 1.82) is 0 Å². The summed E-state index contributed by atoms with van der Waals surface area (Å²) in [6, 6.07) is 3.54. The number of benzene rings is 1. The summed E-state index contributed by atoms with van der Waals surface area (Å²) < 4.78 is 14.1. The number of likely N-dealkylation sites (tertiary alicyclic amines) is 1. The highest BCUT2D eigenvalue weighted by Crippen LogP contribution is 2.53. The molecule has 3 amide bonds. The molecule has 3 aliphatic heterocycles. The molecule has 4 rings (SSSR count). The number of imide groups is 1. The Balaban J connectivity index is 1.86. The highest BCUT2D eigenvalue weighted by atomic mass is 32.2. The van der Waals surface area contributed by atoms with Crippen LogP contribution in [0.25, 0.3) is 0 Å². The Labute approximate surface area is 167 Å². The van der Waals surface area contributed by atoms with Crippen molar-refractivity contribution in [3.8, 4) is 0 Å². The molecule has 3 aliphatic rings. The summed E-state index contributed by atoms with van der Waals surface area (Å²) in [7, 11) is 0. The van der Waals surface area contributed by atoms with Gasteiger partial charge >= 0.3 is 0 Å². The summed E-state index contributed by atoms with van der Waals surface area (Å²) in [5.41, 5.74) is -0.489. The highest BCUT2D eigenvalue weighted by molar-refractivity contribution is 7.98. The highest BCUT2D eigenvalue weighted by Gasteiger charge is 2.70. The van der Waals surface area contributed by atoms with E-state index in [0.717, 1.165) is 5.75 Å². The largest absolute Gasteiger partial charge is 0.324 e. The van der Waals surface area contributed by atoms with Gasteiger partial charge in [0.15, 0.2) is 0 Å². The standard InChI is InChI=1S/C20H24FN3O3S/c1-4-10(2)24-17(25)15-14(7-8-28-3)23-20(16(15)18(24)26)12-9-11(21)5-6-13(12)22-19(20)27/h5-6,9-10,14-16,23H,4,7-8H2,1-3H3,(H,22,27). The number of anilines is 1. The summed E-state index contributed by atoms with van der Waals surface area (Å²) in [4.78, 5) is 41.1. The molecule has 0 saturated carbocycles. The van der Waals surface area contributed by atoms with Crippen LogP contribution in [-0.4, -0.2) is 46.7 Å². The molecule has 5 unspecified atom stereocenters. The summed E-state index contributed by atoms with van der Waals surface area (Å²) in [6.45, 7) is 3.77. The Hall–Kier alpha value is -1.93. The van der Waals surface area contributed by atoms with Crippen LogP contribution in [0.4, 0.5) is 10.1 Å². The van der Waals surface area contributed by atoms with Crippen LogP contribution >= 0.6 is 11.8 Å². The van der Waals surface area contributed by atoms with Gasteiger partial charge in [-0.15, -0.1) is 0 Å². The van der Waals surface area contributed by atoms with Gasteiger partial charge in [-0.25, -0.2) is 4.39 Å². The van der Waals surface area contributed by atoms with E-state index in [4.69, 9.17) is 0 Å². The smallest absolute Gasteiger partial charge is 0.250 e. The fourth-order valence-corrected chi connectivity index (χ4v) is 5.40. The Bertz CT molecular complexity index is 863. The topological polar surface area (TPSA) is 78.5 Å². The molecule has 1 aromatic rings. The average Bonchev–Trinajstić information content (AvgIpc) is 3.25. The summed E-state index contributed by atoms with van der Waals surface area (Å²) in [5, 5.41) is 6.10. The van der Waals surface area contributed by atoms with E-state index in [1.165, 1.54) is 23.1 Å². The predicted molar refractivity (Wildman–Crippen MR) is 105 cm³/mol. The lowest BCUT2D eigenvalue weighted by Crippen LogP contribution is -2.54. The first kappa shape index (κ1) is 19.4. The Morgan fingerprint density at radius 1 is 1.29 bits per heavy atom. The molecule has 6 nitrogen and oxygen atoms in total. The number of amides is 3. The molecule has 1 spiro atoms. The number of rotatable bonds is 5. The maximum absolute atomic E-state index is 14.1. The van der Waals surface area contributed by atoms with Crippen molar-refractivity contribution < 1.29 is 18.8 Å². The van der Waals surface area contributed by atoms with E-state index in [9.17, 15) is 18.8 Å². The molecular weight excluding hydrogens is 381 g/mol. The van der Waals surface area contributed by atoms with Crippen molar-refractivity contribution in [2.45, 2.75) is 44.3 Å². The first-order valence-electron chi connectivity index (χ1n) is 9.61. The number of carbonyl (C=O) groups excluding carboxylic acids is 3. The Morgan fingerprint density at radius 3 is 2.71 bits per heavy atom. The van der Waals surface area contributed by atoms with E-state index in [1.807, 2.05) is 20.1 Å². The minimum atomic E-state index is -1.40. The summed E-state index contributed by atoms with van der Waals surface area (Å²) >= 11 is 1.65. The molecule has 8 heteroatoms. The molecule has 0 aliphatic carbocycles. The minimum absolute atomic E-state index is 0.225. The number of hydrogen-bond acceptors (Lipinski definition) is 5. The second-order valence-corrected chi connectivity index (χ2v) is 8.78. The van der Waals surface area contributed by atoms with Crippen molar-refractivity contribution in [3.63, 3.8) is 0 Å². The number of carbonyl (C=O) groups is 3.